The second-order valence-corrected chi connectivity index (χ2v) is 3.82. The van der Waals surface area contributed by atoms with Crippen molar-refractivity contribution in [2.45, 2.75) is 65.4 Å². The lowest BCUT2D eigenvalue weighted by Crippen LogP contribution is -2.20. The van der Waals surface area contributed by atoms with Crippen LogP contribution < -0.4 is 0 Å². The van der Waals surface area contributed by atoms with E-state index in [0.29, 0.717) is 12.8 Å². The van der Waals surface area contributed by atoms with Gasteiger partial charge in [0.25, 0.3) is 0 Å². The Morgan fingerprint density at radius 3 is 2.33 bits per heavy atom. The van der Waals surface area contributed by atoms with E-state index in [1.807, 2.05) is 6.92 Å². The van der Waals surface area contributed by atoms with Gasteiger partial charge in [-0.05, 0) is 12.8 Å². The second kappa shape index (κ2) is 8.45. The largest absolute Gasteiger partial charge is 0.462 e. The first-order valence-electron chi connectivity index (χ1n) is 5.79. The quantitative estimate of drug-likeness (QED) is 0.461. The second-order valence-electron chi connectivity index (χ2n) is 3.82. The number of ketones is 1. The molecule has 0 N–H and O–H groups in total. The van der Waals surface area contributed by atoms with Crippen LogP contribution in [0.1, 0.15) is 59.3 Å². The summed E-state index contributed by atoms with van der Waals surface area (Å²) in [5, 5.41) is 0. The summed E-state index contributed by atoms with van der Waals surface area (Å²) >= 11 is 0. The molecule has 0 spiro atoms. The first-order valence-corrected chi connectivity index (χ1v) is 5.79. The molecule has 0 aliphatic rings. The van der Waals surface area contributed by atoms with Gasteiger partial charge in [-0.2, -0.15) is 0 Å². The van der Waals surface area contributed by atoms with Crippen molar-refractivity contribution in [3.05, 3.63) is 0 Å². The van der Waals surface area contributed by atoms with Gasteiger partial charge in [0.1, 0.15) is 11.9 Å². The van der Waals surface area contributed by atoms with Crippen molar-refractivity contribution < 1.29 is 14.3 Å². The normalized spacial score (nSPS) is 12.2. The molecule has 0 aromatic heterocycles. The zero-order valence-electron chi connectivity index (χ0n) is 10.0. The van der Waals surface area contributed by atoms with Crippen LogP contribution in [0.15, 0.2) is 0 Å². The molecule has 0 bridgehead atoms. The highest BCUT2D eigenvalue weighted by Gasteiger charge is 2.15. The predicted octanol–water partition coefficient (Wildman–Crippen LogP) is 2.87. The summed E-state index contributed by atoms with van der Waals surface area (Å²) in [6.07, 6.45) is 4.77. The van der Waals surface area contributed by atoms with E-state index in [2.05, 4.69) is 6.92 Å². The van der Waals surface area contributed by atoms with Crippen molar-refractivity contribution in [1.82, 2.24) is 0 Å². The van der Waals surface area contributed by atoms with Crippen molar-refractivity contribution in [1.29, 1.82) is 0 Å². The summed E-state index contributed by atoms with van der Waals surface area (Å²) in [7, 11) is 0. The molecule has 0 aliphatic carbocycles. The van der Waals surface area contributed by atoms with E-state index >= 15 is 0 Å². The fourth-order valence-corrected chi connectivity index (χ4v) is 1.46. The van der Waals surface area contributed by atoms with Crippen LogP contribution >= 0.6 is 0 Å². The van der Waals surface area contributed by atoms with Gasteiger partial charge >= 0.3 is 5.97 Å². The van der Waals surface area contributed by atoms with Gasteiger partial charge in [0.05, 0.1) is 0 Å². The van der Waals surface area contributed by atoms with Crippen molar-refractivity contribution >= 4 is 11.8 Å². The maximum Gasteiger partial charge on any atom is 0.302 e. The molecule has 0 rings (SSSR count). The minimum absolute atomic E-state index is 0.165. The zero-order chi connectivity index (χ0) is 11.7. The molecule has 0 saturated heterocycles. The van der Waals surface area contributed by atoms with E-state index in [-0.39, 0.29) is 17.9 Å². The molecular weight excluding hydrogens is 192 g/mol. The fourth-order valence-electron chi connectivity index (χ4n) is 1.46. The first kappa shape index (κ1) is 14.1. The van der Waals surface area contributed by atoms with Gasteiger partial charge in [0, 0.05) is 19.8 Å². The summed E-state index contributed by atoms with van der Waals surface area (Å²) in [6.45, 7) is 5.35. The van der Waals surface area contributed by atoms with E-state index in [4.69, 9.17) is 4.74 Å². The van der Waals surface area contributed by atoms with Crippen molar-refractivity contribution in [3.63, 3.8) is 0 Å². The number of carbonyl (C=O) groups is 2. The van der Waals surface area contributed by atoms with Crippen LogP contribution in [0.25, 0.3) is 0 Å². The van der Waals surface area contributed by atoms with Crippen molar-refractivity contribution in [3.8, 4) is 0 Å². The number of ether oxygens (including phenoxy) is 1. The smallest absolute Gasteiger partial charge is 0.302 e. The lowest BCUT2D eigenvalue weighted by Gasteiger charge is -2.15. The van der Waals surface area contributed by atoms with E-state index < -0.39 is 0 Å². The van der Waals surface area contributed by atoms with Crippen LogP contribution in [-0.4, -0.2) is 17.9 Å². The van der Waals surface area contributed by atoms with Crippen molar-refractivity contribution in [2.24, 2.45) is 0 Å². The fraction of sp³-hybridized carbons (Fsp3) is 0.833. The third-order valence-corrected chi connectivity index (χ3v) is 2.31. The molecular formula is C12H22O3. The Balaban J connectivity index is 3.94. The summed E-state index contributed by atoms with van der Waals surface area (Å²) in [5.74, 6) is -0.127. The molecule has 88 valence electrons. The number of hydrogen-bond donors (Lipinski definition) is 0. The van der Waals surface area contributed by atoms with Gasteiger partial charge < -0.3 is 4.74 Å². The molecule has 0 fully saturated rings. The molecule has 1 atom stereocenters. The number of unbranched alkanes of at least 4 members (excludes halogenated alkanes) is 2. The lowest BCUT2D eigenvalue weighted by molar-refractivity contribution is -0.147. The Kier molecular flexibility index (Phi) is 7.96. The maximum absolute atomic E-state index is 11.2. The SMILES string of the molecule is CCCCCC(CC(=O)CC)OC(C)=O. The van der Waals surface area contributed by atoms with E-state index in [1.165, 1.54) is 6.92 Å². The minimum Gasteiger partial charge on any atom is -0.462 e. The third kappa shape index (κ3) is 8.16. The average Bonchev–Trinajstić information content (AvgIpc) is 2.17. The Morgan fingerprint density at radius 1 is 1.20 bits per heavy atom. The number of esters is 1. The predicted molar refractivity (Wildman–Crippen MR) is 59.6 cm³/mol. The first-order chi connectivity index (χ1) is 7.10. The molecule has 0 radical (unpaired) electrons. The Labute approximate surface area is 92.2 Å². The minimum atomic E-state index is -0.291. The Hall–Kier alpha value is -0.860. The van der Waals surface area contributed by atoms with Gasteiger partial charge in [0.2, 0.25) is 0 Å². The topological polar surface area (TPSA) is 43.4 Å². The van der Waals surface area contributed by atoms with E-state index in [1.54, 1.807) is 0 Å². The lowest BCUT2D eigenvalue weighted by atomic mass is 10.0. The van der Waals surface area contributed by atoms with Gasteiger partial charge in [0.15, 0.2) is 0 Å². The molecule has 0 saturated carbocycles. The van der Waals surface area contributed by atoms with Crippen LogP contribution in [-0.2, 0) is 14.3 Å². The van der Waals surface area contributed by atoms with Crippen LogP contribution in [0.2, 0.25) is 0 Å². The molecule has 0 heterocycles. The standard InChI is InChI=1S/C12H22O3/c1-4-6-7-8-12(15-10(3)13)9-11(14)5-2/h12H,4-9H2,1-3H3. The Bertz CT molecular complexity index is 199. The number of carbonyl (C=O) groups excluding carboxylic acids is 2. The molecule has 3 nitrogen and oxygen atoms in total. The average molecular weight is 214 g/mol. The van der Waals surface area contributed by atoms with Gasteiger partial charge in [-0.25, -0.2) is 0 Å². The van der Waals surface area contributed by atoms with E-state index in [9.17, 15) is 9.59 Å². The van der Waals surface area contributed by atoms with Crippen LogP contribution in [0.5, 0.6) is 0 Å². The molecule has 1 unspecified atom stereocenters. The highest BCUT2D eigenvalue weighted by atomic mass is 16.5. The van der Waals surface area contributed by atoms with Crippen LogP contribution in [0.4, 0.5) is 0 Å². The molecule has 0 aromatic carbocycles. The van der Waals surface area contributed by atoms with Gasteiger partial charge in [-0.1, -0.05) is 26.7 Å². The molecule has 0 amide bonds. The summed E-state index contributed by atoms with van der Waals surface area (Å²) in [6, 6.07) is 0. The highest BCUT2D eigenvalue weighted by molar-refractivity contribution is 5.79. The summed E-state index contributed by atoms with van der Waals surface area (Å²) in [4.78, 5) is 22.1. The molecule has 0 aliphatic heterocycles. The molecule has 0 aromatic rings. The Morgan fingerprint density at radius 2 is 1.87 bits per heavy atom. The summed E-state index contributed by atoms with van der Waals surface area (Å²) in [5.41, 5.74) is 0. The molecule has 3 heteroatoms. The molecule has 15 heavy (non-hydrogen) atoms. The van der Waals surface area contributed by atoms with E-state index in [0.717, 1.165) is 25.7 Å². The number of hydrogen-bond acceptors (Lipinski definition) is 3. The maximum atomic E-state index is 11.2. The van der Waals surface area contributed by atoms with Crippen LogP contribution in [0.3, 0.4) is 0 Å². The van der Waals surface area contributed by atoms with Crippen LogP contribution in [0, 0.1) is 0 Å². The number of Topliss-reactive ketones (excluding diaryl/α,β-unsaturated/α-hetero) is 1. The van der Waals surface area contributed by atoms with Gasteiger partial charge in [-0.15, -0.1) is 0 Å². The number of rotatable bonds is 8. The summed E-state index contributed by atoms with van der Waals surface area (Å²) < 4.78 is 5.11. The third-order valence-electron chi connectivity index (χ3n) is 2.31. The highest BCUT2D eigenvalue weighted by Crippen LogP contribution is 2.12. The zero-order valence-corrected chi connectivity index (χ0v) is 10.0. The van der Waals surface area contributed by atoms with Gasteiger partial charge in [-0.3, -0.25) is 9.59 Å². The monoisotopic (exact) mass is 214 g/mol. The van der Waals surface area contributed by atoms with Crippen molar-refractivity contribution in [2.75, 3.05) is 0 Å².